The fourth-order valence-corrected chi connectivity index (χ4v) is 4.97. The zero-order valence-electron chi connectivity index (χ0n) is 13.7. The van der Waals surface area contributed by atoms with E-state index in [1.54, 1.807) is 4.90 Å². The number of likely N-dealkylation sites (N-methyl/N-ethyl adjacent to an activating group) is 1. The van der Waals surface area contributed by atoms with Crippen LogP contribution in [0, 0.1) is 5.92 Å². The number of nitrogens with zero attached hydrogens (tertiary/aromatic N) is 2. The van der Waals surface area contributed by atoms with Crippen LogP contribution in [0.1, 0.15) is 25.7 Å². The van der Waals surface area contributed by atoms with Gasteiger partial charge in [0.05, 0.1) is 12.7 Å². The monoisotopic (exact) mass is 345 g/mol. The van der Waals surface area contributed by atoms with Crippen LogP contribution in [0.2, 0.25) is 0 Å². The van der Waals surface area contributed by atoms with Crippen LogP contribution in [0.5, 0.6) is 0 Å². The molecule has 23 heavy (non-hydrogen) atoms. The Morgan fingerprint density at radius 1 is 1.22 bits per heavy atom. The maximum Gasteiger partial charge on any atom is 0.225 e. The first kappa shape index (κ1) is 17.1. The van der Waals surface area contributed by atoms with Gasteiger partial charge < -0.3 is 14.5 Å². The van der Waals surface area contributed by atoms with Crippen molar-refractivity contribution in [3.63, 3.8) is 0 Å². The average Bonchev–Trinajstić information content (AvgIpc) is 2.97. The SMILES string of the molecule is CN1CCOC(CNS(=O)(=O)C2CN(C(=O)C3CCCC3)C2)C1. The number of ether oxygens (including phenoxy) is 1. The molecule has 8 heteroatoms. The molecule has 132 valence electrons. The molecule has 1 amide bonds. The topological polar surface area (TPSA) is 79.0 Å². The van der Waals surface area contributed by atoms with E-state index in [0.29, 0.717) is 26.2 Å². The number of carbonyl (C=O) groups is 1. The van der Waals surface area contributed by atoms with Gasteiger partial charge in [-0.2, -0.15) is 0 Å². The molecule has 1 atom stereocenters. The molecular weight excluding hydrogens is 318 g/mol. The first-order valence-corrected chi connectivity index (χ1v) is 10.1. The Kier molecular flexibility index (Phi) is 5.25. The summed E-state index contributed by atoms with van der Waals surface area (Å²) in [5.74, 6) is 0.268. The Morgan fingerprint density at radius 3 is 2.57 bits per heavy atom. The molecule has 0 aromatic carbocycles. The molecule has 0 aromatic rings. The fourth-order valence-electron chi connectivity index (χ4n) is 3.56. The summed E-state index contributed by atoms with van der Waals surface area (Å²) in [4.78, 5) is 16.1. The lowest BCUT2D eigenvalue weighted by molar-refractivity contribution is -0.138. The van der Waals surface area contributed by atoms with Gasteiger partial charge in [0.1, 0.15) is 5.25 Å². The Balaban J connectivity index is 1.43. The van der Waals surface area contributed by atoms with E-state index in [0.717, 1.165) is 38.8 Å². The van der Waals surface area contributed by atoms with Crippen molar-refractivity contribution in [1.29, 1.82) is 0 Å². The lowest BCUT2D eigenvalue weighted by atomic mass is 10.0. The summed E-state index contributed by atoms with van der Waals surface area (Å²) in [7, 11) is -1.37. The van der Waals surface area contributed by atoms with Crippen LogP contribution < -0.4 is 4.72 Å². The number of rotatable bonds is 5. The summed E-state index contributed by atoms with van der Waals surface area (Å²) in [6.45, 7) is 3.21. The Labute approximate surface area is 138 Å². The molecule has 1 aliphatic carbocycles. The zero-order valence-corrected chi connectivity index (χ0v) is 14.6. The van der Waals surface area contributed by atoms with Crippen LogP contribution in [0.4, 0.5) is 0 Å². The molecule has 3 aliphatic rings. The highest BCUT2D eigenvalue weighted by Gasteiger charge is 2.42. The number of sulfonamides is 1. The van der Waals surface area contributed by atoms with E-state index in [9.17, 15) is 13.2 Å². The van der Waals surface area contributed by atoms with Crippen LogP contribution >= 0.6 is 0 Å². The zero-order chi connectivity index (χ0) is 16.4. The number of hydrogen-bond acceptors (Lipinski definition) is 5. The van der Waals surface area contributed by atoms with Crippen molar-refractivity contribution in [1.82, 2.24) is 14.5 Å². The highest BCUT2D eigenvalue weighted by Crippen LogP contribution is 2.29. The minimum absolute atomic E-state index is 0.0974. The molecule has 2 heterocycles. The number of carbonyl (C=O) groups excluding carboxylic acids is 1. The molecule has 0 spiro atoms. The summed E-state index contributed by atoms with van der Waals surface area (Å²) in [6, 6.07) is 0. The van der Waals surface area contributed by atoms with Crippen molar-refractivity contribution < 1.29 is 17.9 Å². The third kappa shape index (κ3) is 4.04. The van der Waals surface area contributed by atoms with E-state index >= 15 is 0 Å². The highest BCUT2D eigenvalue weighted by atomic mass is 32.2. The smallest absolute Gasteiger partial charge is 0.225 e. The van der Waals surface area contributed by atoms with Gasteiger partial charge in [-0.1, -0.05) is 12.8 Å². The van der Waals surface area contributed by atoms with Crippen LogP contribution in [-0.4, -0.2) is 81.9 Å². The molecule has 7 nitrogen and oxygen atoms in total. The summed E-state index contributed by atoms with van der Waals surface area (Å²) in [5, 5.41) is -0.478. The van der Waals surface area contributed by atoms with E-state index in [-0.39, 0.29) is 17.9 Å². The quantitative estimate of drug-likeness (QED) is 0.736. The second-order valence-electron chi connectivity index (χ2n) is 7.00. The van der Waals surface area contributed by atoms with Gasteiger partial charge in [-0.15, -0.1) is 0 Å². The van der Waals surface area contributed by atoms with E-state index in [1.165, 1.54) is 0 Å². The Bertz CT molecular complexity index is 527. The number of nitrogens with one attached hydrogen (secondary N) is 1. The van der Waals surface area contributed by atoms with Crippen LogP contribution in [0.25, 0.3) is 0 Å². The molecule has 0 radical (unpaired) electrons. The highest BCUT2D eigenvalue weighted by molar-refractivity contribution is 7.90. The van der Waals surface area contributed by atoms with Crippen molar-refractivity contribution in [2.24, 2.45) is 5.92 Å². The number of morpholine rings is 1. The van der Waals surface area contributed by atoms with Gasteiger partial charge in [0.2, 0.25) is 15.9 Å². The molecule has 3 fully saturated rings. The summed E-state index contributed by atoms with van der Waals surface area (Å²) in [6.07, 6.45) is 4.04. The maximum absolute atomic E-state index is 12.3. The maximum atomic E-state index is 12.3. The van der Waals surface area contributed by atoms with Gasteiger partial charge in [-0.05, 0) is 19.9 Å². The molecular formula is C15H27N3O4S. The van der Waals surface area contributed by atoms with Crippen molar-refractivity contribution >= 4 is 15.9 Å². The minimum atomic E-state index is -3.37. The Morgan fingerprint density at radius 2 is 1.91 bits per heavy atom. The third-order valence-corrected chi connectivity index (χ3v) is 6.90. The fraction of sp³-hybridized carbons (Fsp3) is 0.933. The first-order chi connectivity index (χ1) is 11.0. The predicted octanol–water partition coefficient (Wildman–Crippen LogP) is -0.363. The average molecular weight is 345 g/mol. The standard InChI is InChI=1S/C15H27N3O4S/c1-17-6-7-22-13(9-17)8-16-23(20,21)14-10-18(11-14)15(19)12-4-2-3-5-12/h12-14,16H,2-11H2,1H3. The summed E-state index contributed by atoms with van der Waals surface area (Å²) < 4.78 is 32.8. The van der Waals surface area contributed by atoms with Gasteiger partial charge in [-0.3, -0.25) is 4.79 Å². The van der Waals surface area contributed by atoms with E-state index < -0.39 is 15.3 Å². The van der Waals surface area contributed by atoms with Crippen molar-refractivity contribution in [2.75, 3.05) is 46.4 Å². The van der Waals surface area contributed by atoms with Crippen LogP contribution in [-0.2, 0) is 19.6 Å². The van der Waals surface area contributed by atoms with Crippen molar-refractivity contribution in [3.8, 4) is 0 Å². The molecule has 1 saturated carbocycles. The first-order valence-electron chi connectivity index (χ1n) is 8.53. The minimum Gasteiger partial charge on any atom is -0.374 e. The molecule has 0 bridgehead atoms. The molecule has 1 N–H and O–H groups in total. The normalized spacial score (nSPS) is 28.0. The summed E-state index contributed by atoms with van der Waals surface area (Å²) in [5.41, 5.74) is 0. The predicted molar refractivity (Wildman–Crippen MR) is 86.5 cm³/mol. The number of amides is 1. The number of hydrogen-bond donors (Lipinski definition) is 1. The second-order valence-corrected chi connectivity index (χ2v) is 9.04. The lowest BCUT2D eigenvalue weighted by Gasteiger charge is -2.40. The van der Waals surface area contributed by atoms with Crippen LogP contribution in [0.15, 0.2) is 0 Å². The van der Waals surface area contributed by atoms with E-state index in [4.69, 9.17) is 4.74 Å². The van der Waals surface area contributed by atoms with Gasteiger partial charge in [0.25, 0.3) is 0 Å². The Hall–Kier alpha value is -0.700. The molecule has 0 aromatic heterocycles. The van der Waals surface area contributed by atoms with Gasteiger partial charge >= 0.3 is 0 Å². The van der Waals surface area contributed by atoms with Gasteiger partial charge in [0, 0.05) is 38.6 Å². The van der Waals surface area contributed by atoms with E-state index in [1.807, 2.05) is 7.05 Å². The van der Waals surface area contributed by atoms with Crippen molar-refractivity contribution in [3.05, 3.63) is 0 Å². The molecule has 3 rings (SSSR count). The lowest BCUT2D eigenvalue weighted by Crippen LogP contribution is -2.61. The largest absolute Gasteiger partial charge is 0.374 e. The van der Waals surface area contributed by atoms with E-state index in [2.05, 4.69) is 9.62 Å². The van der Waals surface area contributed by atoms with Gasteiger partial charge in [-0.25, -0.2) is 13.1 Å². The van der Waals surface area contributed by atoms with Gasteiger partial charge in [0.15, 0.2) is 0 Å². The van der Waals surface area contributed by atoms with Crippen molar-refractivity contribution in [2.45, 2.75) is 37.0 Å². The number of likely N-dealkylation sites (tertiary alicyclic amines) is 1. The molecule has 2 aliphatic heterocycles. The summed E-state index contributed by atoms with van der Waals surface area (Å²) >= 11 is 0. The molecule has 2 saturated heterocycles. The van der Waals surface area contributed by atoms with Crippen LogP contribution in [0.3, 0.4) is 0 Å². The molecule has 1 unspecified atom stereocenters. The second kappa shape index (κ2) is 7.04. The third-order valence-electron chi connectivity index (χ3n) is 5.16.